The maximum Gasteiger partial charge on any atom is 0.132 e. The monoisotopic (exact) mass is 368 g/mol. The maximum absolute atomic E-state index is 5.70. The molecular formula is C21H28N4O2. The summed E-state index contributed by atoms with van der Waals surface area (Å²) in [6, 6.07) is 9.94. The Morgan fingerprint density at radius 3 is 2.67 bits per heavy atom. The number of nitrogens with zero attached hydrogens (tertiary/aromatic N) is 4. The normalized spacial score (nSPS) is 15.0. The van der Waals surface area contributed by atoms with Crippen molar-refractivity contribution in [2.24, 2.45) is 0 Å². The minimum absolute atomic E-state index is 0.522. The molecule has 0 saturated carbocycles. The molecule has 0 unspecified atom stereocenters. The van der Waals surface area contributed by atoms with E-state index in [0.29, 0.717) is 13.2 Å². The van der Waals surface area contributed by atoms with Crippen LogP contribution in [0.25, 0.3) is 5.57 Å². The fourth-order valence-electron chi connectivity index (χ4n) is 3.14. The Hall–Kier alpha value is -2.44. The summed E-state index contributed by atoms with van der Waals surface area (Å²) in [6.45, 7) is 12.7. The first kappa shape index (κ1) is 19.3. The summed E-state index contributed by atoms with van der Waals surface area (Å²) in [5, 5.41) is 0. The highest BCUT2D eigenvalue weighted by Gasteiger charge is 2.17. The summed E-state index contributed by atoms with van der Waals surface area (Å²) in [5.41, 5.74) is 2.69. The van der Waals surface area contributed by atoms with Crippen LogP contribution in [-0.4, -0.2) is 67.9 Å². The highest BCUT2D eigenvalue weighted by Crippen LogP contribution is 2.25. The van der Waals surface area contributed by atoms with Crippen LogP contribution in [0.5, 0.6) is 5.75 Å². The molecule has 0 N–H and O–H groups in total. The van der Waals surface area contributed by atoms with E-state index in [1.54, 1.807) is 13.4 Å². The quantitative estimate of drug-likeness (QED) is 0.668. The number of rotatable bonds is 8. The molecule has 1 aromatic carbocycles. The topological polar surface area (TPSA) is 50.7 Å². The van der Waals surface area contributed by atoms with Crippen LogP contribution in [0, 0.1) is 0 Å². The van der Waals surface area contributed by atoms with E-state index in [-0.39, 0.29) is 0 Å². The Bertz CT molecular complexity index is 757. The molecule has 6 nitrogen and oxygen atoms in total. The second kappa shape index (κ2) is 9.48. The van der Waals surface area contributed by atoms with Crippen molar-refractivity contribution in [3.63, 3.8) is 0 Å². The lowest BCUT2D eigenvalue weighted by atomic mass is 10.0. The van der Waals surface area contributed by atoms with Crippen LogP contribution >= 0.6 is 0 Å². The molecule has 0 atom stereocenters. The Morgan fingerprint density at radius 2 is 1.93 bits per heavy atom. The van der Waals surface area contributed by atoms with E-state index >= 15 is 0 Å². The van der Waals surface area contributed by atoms with Crippen molar-refractivity contribution in [2.75, 3.05) is 57.9 Å². The van der Waals surface area contributed by atoms with E-state index in [9.17, 15) is 0 Å². The predicted octanol–water partition coefficient (Wildman–Crippen LogP) is 2.71. The van der Waals surface area contributed by atoms with Gasteiger partial charge in [0.15, 0.2) is 0 Å². The summed E-state index contributed by atoms with van der Waals surface area (Å²) in [4.78, 5) is 13.7. The molecule has 0 radical (unpaired) electrons. The smallest absolute Gasteiger partial charge is 0.132 e. The van der Waals surface area contributed by atoms with Gasteiger partial charge >= 0.3 is 0 Å². The van der Waals surface area contributed by atoms with E-state index in [2.05, 4.69) is 33.3 Å². The largest absolute Gasteiger partial charge is 0.491 e. The minimum Gasteiger partial charge on any atom is -0.491 e. The summed E-state index contributed by atoms with van der Waals surface area (Å²) in [6.07, 6.45) is 1.63. The molecule has 1 saturated heterocycles. The first-order valence-electron chi connectivity index (χ1n) is 9.42. The standard InChI is InChI=1S/C21H28N4O2/c1-4-24-8-10-25(11-9-24)21-15-20(22-16-23-21)17(2)18-6-5-7-19(14-18)27-13-12-26-3/h5-7,14-16H,2,4,8-13H2,1,3H3. The van der Waals surface area contributed by atoms with Gasteiger partial charge in [-0.1, -0.05) is 25.6 Å². The average molecular weight is 368 g/mol. The number of ether oxygens (including phenoxy) is 2. The van der Waals surface area contributed by atoms with Crippen molar-refractivity contribution in [3.8, 4) is 5.75 Å². The summed E-state index contributed by atoms with van der Waals surface area (Å²) < 4.78 is 10.7. The molecule has 1 aliphatic heterocycles. The van der Waals surface area contributed by atoms with Gasteiger partial charge in [0.25, 0.3) is 0 Å². The van der Waals surface area contributed by atoms with Gasteiger partial charge in [0.2, 0.25) is 0 Å². The zero-order chi connectivity index (χ0) is 19.1. The van der Waals surface area contributed by atoms with Gasteiger partial charge in [0.05, 0.1) is 12.3 Å². The van der Waals surface area contributed by atoms with E-state index < -0.39 is 0 Å². The van der Waals surface area contributed by atoms with Gasteiger partial charge in [0.1, 0.15) is 24.5 Å². The Kier molecular flexibility index (Phi) is 6.79. The van der Waals surface area contributed by atoms with Gasteiger partial charge in [0, 0.05) is 44.9 Å². The van der Waals surface area contributed by atoms with E-state index in [4.69, 9.17) is 9.47 Å². The highest BCUT2D eigenvalue weighted by molar-refractivity contribution is 5.77. The van der Waals surface area contributed by atoms with Crippen molar-refractivity contribution < 1.29 is 9.47 Å². The number of piperazine rings is 1. The van der Waals surface area contributed by atoms with E-state index in [1.165, 1.54) is 0 Å². The first-order chi connectivity index (χ1) is 13.2. The molecule has 1 fully saturated rings. The van der Waals surface area contributed by atoms with Crippen molar-refractivity contribution in [2.45, 2.75) is 6.92 Å². The molecule has 6 heteroatoms. The van der Waals surface area contributed by atoms with Gasteiger partial charge in [-0.05, 0) is 24.2 Å². The average Bonchev–Trinajstić information content (AvgIpc) is 2.74. The molecule has 27 heavy (non-hydrogen) atoms. The molecule has 0 spiro atoms. The SMILES string of the molecule is C=C(c1cccc(OCCOC)c1)c1cc(N2CCN(CC)CC2)ncn1. The van der Waals surface area contributed by atoms with Crippen LogP contribution < -0.4 is 9.64 Å². The predicted molar refractivity (Wildman–Crippen MR) is 108 cm³/mol. The molecule has 3 rings (SSSR count). The lowest BCUT2D eigenvalue weighted by Crippen LogP contribution is -2.46. The van der Waals surface area contributed by atoms with Crippen LogP contribution in [0.3, 0.4) is 0 Å². The minimum atomic E-state index is 0.522. The van der Waals surface area contributed by atoms with Crippen molar-refractivity contribution >= 4 is 11.4 Å². The number of methoxy groups -OCH3 is 1. The van der Waals surface area contributed by atoms with Crippen LogP contribution in [0.4, 0.5) is 5.82 Å². The fourth-order valence-corrected chi connectivity index (χ4v) is 3.14. The third kappa shape index (κ3) is 5.05. The number of hydrogen-bond donors (Lipinski definition) is 0. The van der Waals surface area contributed by atoms with Crippen molar-refractivity contribution in [1.82, 2.24) is 14.9 Å². The molecule has 1 aliphatic rings. The first-order valence-corrected chi connectivity index (χ1v) is 9.42. The molecule has 2 heterocycles. The maximum atomic E-state index is 5.70. The van der Waals surface area contributed by atoms with Gasteiger partial charge in [-0.15, -0.1) is 0 Å². The highest BCUT2D eigenvalue weighted by atomic mass is 16.5. The van der Waals surface area contributed by atoms with Crippen LogP contribution in [0.15, 0.2) is 43.2 Å². The zero-order valence-electron chi connectivity index (χ0n) is 16.2. The van der Waals surface area contributed by atoms with Gasteiger partial charge in [-0.25, -0.2) is 9.97 Å². The van der Waals surface area contributed by atoms with Crippen LogP contribution in [0.2, 0.25) is 0 Å². The van der Waals surface area contributed by atoms with E-state index in [1.807, 2.05) is 30.3 Å². The van der Waals surface area contributed by atoms with Gasteiger partial charge in [-0.2, -0.15) is 0 Å². The lowest BCUT2D eigenvalue weighted by Gasteiger charge is -2.34. The second-order valence-electron chi connectivity index (χ2n) is 6.53. The number of likely N-dealkylation sites (N-methyl/N-ethyl adjacent to an activating group) is 1. The molecule has 2 aromatic rings. The van der Waals surface area contributed by atoms with Gasteiger partial charge in [-0.3, -0.25) is 0 Å². The molecule has 144 valence electrons. The Labute approximate surface area is 161 Å². The zero-order valence-corrected chi connectivity index (χ0v) is 16.2. The van der Waals surface area contributed by atoms with Crippen molar-refractivity contribution in [3.05, 3.63) is 54.5 Å². The molecule has 0 bridgehead atoms. The third-order valence-corrected chi connectivity index (χ3v) is 4.84. The molecule has 1 aromatic heterocycles. The molecular weight excluding hydrogens is 340 g/mol. The number of hydrogen-bond acceptors (Lipinski definition) is 6. The lowest BCUT2D eigenvalue weighted by molar-refractivity contribution is 0.146. The summed E-state index contributed by atoms with van der Waals surface area (Å²) in [7, 11) is 1.66. The summed E-state index contributed by atoms with van der Waals surface area (Å²) >= 11 is 0. The van der Waals surface area contributed by atoms with Gasteiger partial charge < -0.3 is 19.3 Å². The van der Waals surface area contributed by atoms with Crippen LogP contribution in [0.1, 0.15) is 18.2 Å². The van der Waals surface area contributed by atoms with Crippen molar-refractivity contribution in [1.29, 1.82) is 0 Å². The molecule has 0 amide bonds. The van der Waals surface area contributed by atoms with Crippen LogP contribution in [-0.2, 0) is 4.74 Å². The van der Waals surface area contributed by atoms with E-state index in [0.717, 1.165) is 61.1 Å². The number of aromatic nitrogens is 2. The Balaban J connectivity index is 1.71. The molecule has 0 aliphatic carbocycles. The summed E-state index contributed by atoms with van der Waals surface area (Å²) in [5.74, 6) is 1.76. The Morgan fingerprint density at radius 1 is 1.11 bits per heavy atom. The second-order valence-corrected chi connectivity index (χ2v) is 6.53. The number of benzene rings is 1. The fraction of sp³-hybridized carbons (Fsp3) is 0.429. The third-order valence-electron chi connectivity index (χ3n) is 4.84. The number of anilines is 1.